The Balaban J connectivity index is 1.61. The molecular formula is C22H29N3O5S2. The summed E-state index contributed by atoms with van der Waals surface area (Å²) in [6.45, 7) is 6.73. The van der Waals surface area contributed by atoms with Crippen LogP contribution in [0.1, 0.15) is 44.3 Å². The maximum Gasteiger partial charge on any atom is 0.311 e. The van der Waals surface area contributed by atoms with Crippen LogP contribution in [0.15, 0.2) is 34.5 Å². The second kappa shape index (κ2) is 10.5. The molecule has 0 bridgehead atoms. The molecular weight excluding hydrogens is 450 g/mol. The van der Waals surface area contributed by atoms with E-state index >= 15 is 0 Å². The average Bonchev–Trinajstić information content (AvgIpc) is 3.39. The van der Waals surface area contributed by atoms with Crippen molar-refractivity contribution >= 4 is 38.9 Å². The topological polar surface area (TPSA) is 96.9 Å². The minimum atomic E-state index is -3.56. The largest absolute Gasteiger partial charge is 0.459 e. The summed E-state index contributed by atoms with van der Waals surface area (Å²) >= 11 is 1.55. The van der Waals surface area contributed by atoms with E-state index in [1.807, 2.05) is 5.38 Å². The molecule has 1 aliphatic rings. The predicted octanol–water partition coefficient (Wildman–Crippen LogP) is 3.22. The van der Waals surface area contributed by atoms with Gasteiger partial charge in [0.2, 0.25) is 15.9 Å². The molecule has 1 fully saturated rings. The zero-order valence-corrected chi connectivity index (χ0v) is 20.2. The van der Waals surface area contributed by atoms with Crippen LogP contribution in [0.5, 0.6) is 0 Å². The van der Waals surface area contributed by atoms with E-state index in [2.05, 4.69) is 11.9 Å². The number of ether oxygens (including phenoxy) is 1. The predicted molar refractivity (Wildman–Crippen MR) is 123 cm³/mol. The highest BCUT2D eigenvalue weighted by atomic mass is 32.2. The van der Waals surface area contributed by atoms with Gasteiger partial charge in [-0.1, -0.05) is 20.8 Å². The van der Waals surface area contributed by atoms with E-state index in [4.69, 9.17) is 4.74 Å². The van der Waals surface area contributed by atoms with Crippen molar-refractivity contribution in [2.75, 3.05) is 24.5 Å². The highest BCUT2D eigenvalue weighted by Gasteiger charge is 2.36. The van der Waals surface area contributed by atoms with Crippen molar-refractivity contribution in [3.63, 3.8) is 0 Å². The Hall–Kier alpha value is -2.30. The quantitative estimate of drug-likeness (QED) is 0.486. The molecule has 0 N–H and O–H groups in total. The maximum absolute atomic E-state index is 12.6. The highest BCUT2D eigenvalue weighted by molar-refractivity contribution is 7.89. The molecule has 0 radical (unpaired) electrons. The zero-order chi connectivity index (χ0) is 23.3. The summed E-state index contributed by atoms with van der Waals surface area (Å²) in [6.07, 6.45) is 1.98. The molecule has 1 atom stereocenters. The van der Waals surface area contributed by atoms with Crippen LogP contribution in [0.25, 0.3) is 0 Å². The maximum atomic E-state index is 12.6. The number of rotatable bonds is 10. The average molecular weight is 480 g/mol. The lowest BCUT2D eigenvalue weighted by atomic mass is 10.1. The van der Waals surface area contributed by atoms with Gasteiger partial charge in [-0.2, -0.15) is 4.31 Å². The third-order valence-electron chi connectivity index (χ3n) is 5.38. The Morgan fingerprint density at radius 3 is 2.53 bits per heavy atom. The SMILES string of the molecule is CCCc1nc(COC(=O)C2CC(=O)N(c3ccc(S(=O)(=O)N(CC)CC)cc3)C2)cs1. The number of esters is 1. The molecule has 1 amide bonds. The molecule has 8 nitrogen and oxygen atoms in total. The number of aryl methyl sites for hydroxylation is 1. The lowest BCUT2D eigenvalue weighted by molar-refractivity contribution is -0.149. The van der Waals surface area contributed by atoms with E-state index in [1.165, 1.54) is 21.3 Å². The van der Waals surface area contributed by atoms with E-state index in [9.17, 15) is 18.0 Å². The fourth-order valence-electron chi connectivity index (χ4n) is 3.63. The summed E-state index contributed by atoms with van der Waals surface area (Å²) in [7, 11) is -3.56. The fraction of sp³-hybridized carbons (Fsp3) is 0.500. The molecule has 1 aromatic carbocycles. The van der Waals surface area contributed by atoms with Crippen molar-refractivity contribution in [2.24, 2.45) is 5.92 Å². The Morgan fingerprint density at radius 2 is 1.91 bits per heavy atom. The molecule has 1 unspecified atom stereocenters. The molecule has 2 aromatic rings. The first-order valence-electron chi connectivity index (χ1n) is 10.8. The number of sulfonamides is 1. The van der Waals surface area contributed by atoms with Gasteiger partial charge in [-0.25, -0.2) is 13.4 Å². The number of thiazole rings is 1. The van der Waals surface area contributed by atoms with E-state index in [0.717, 1.165) is 23.5 Å². The molecule has 32 heavy (non-hydrogen) atoms. The van der Waals surface area contributed by atoms with Crippen LogP contribution in [-0.4, -0.2) is 49.2 Å². The van der Waals surface area contributed by atoms with Crippen LogP contribution in [0, 0.1) is 5.92 Å². The van der Waals surface area contributed by atoms with Gasteiger partial charge in [0.1, 0.15) is 6.61 Å². The van der Waals surface area contributed by atoms with E-state index in [-0.39, 0.29) is 30.4 Å². The van der Waals surface area contributed by atoms with Gasteiger partial charge in [-0.05, 0) is 37.1 Å². The summed E-state index contributed by atoms with van der Waals surface area (Å²) in [4.78, 5) is 31.1. The van der Waals surface area contributed by atoms with Crippen molar-refractivity contribution in [1.29, 1.82) is 0 Å². The minimum Gasteiger partial charge on any atom is -0.459 e. The van der Waals surface area contributed by atoms with Gasteiger partial charge in [0.05, 0.1) is 21.5 Å². The van der Waals surface area contributed by atoms with Gasteiger partial charge < -0.3 is 9.64 Å². The lowest BCUT2D eigenvalue weighted by Gasteiger charge is -2.20. The molecule has 0 spiro atoms. The summed E-state index contributed by atoms with van der Waals surface area (Å²) in [6, 6.07) is 6.20. The molecule has 10 heteroatoms. The van der Waals surface area contributed by atoms with Crippen molar-refractivity contribution in [1.82, 2.24) is 9.29 Å². The number of carbonyl (C=O) groups is 2. The Kier molecular flexibility index (Phi) is 8.02. The van der Waals surface area contributed by atoms with Crippen molar-refractivity contribution in [2.45, 2.75) is 51.5 Å². The van der Waals surface area contributed by atoms with Crippen LogP contribution in [-0.2, 0) is 37.4 Å². The summed E-state index contributed by atoms with van der Waals surface area (Å²) in [5.41, 5.74) is 1.28. The van der Waals surface area contributed by atoms with Crippen LogP contribution in [0.2, 0.25) is 0 Å². The minimum absolute atomic E-state index is 0.0660. The van der Waals surface area contributed by atoms with Crippen LogP contribution < -0.4 is 4.90 Å². The smallest absolute Gasteiger partial charge is 0.311 e. The molecule has 1 aromatic heterocycles. The first-order valence-corrected chi connectivity index (χ1v) is 13.1. The molecule has 174 valence electrons. The van der Waals surface area contributed by atoms with Gasteiger partial charge >= 0.3 is 5.97 Å². The fourth-order valence-corrected chi connectivity index (χ4v) is 5.98. The number of nitrogens with zero attached hydrogens (tertiary/aromatic N) is 3. The number of aromatic nitrogens is 1. The number of hydrogen-bond donors (Lipinski definition) is 0. The Labute approximate surface area is 193 Å². The summed E-state index contributed by atoms with van der Waals surface area (Å²) in [5.74, 6) is -1.17. The second-order valence-corrected chi connectivity index (χ2v) is 10.5. The van der Waals surface area contributed by atoms with E-state index < -0.39 is 21.9 Å². The summed E-state index contributed by atoms with van der Waals surface area (Å²) in [5, 5.41) is 2.91. The van der Waals surface area contributed by atoms with Crippen molar-refractivity contribution in [3.05, 3.63) is 40.3 Å². The van der Waals surface area contributed by atoms with Crippen LogP contribution in [0.3, 0.4) is 0 Å². The number of benzene rings is 1. The molecule has 0 aliphatic carbocycles. The highest BCUT2D eigenvalue weighted by Crippen LogP contribution is 2.28. The van der Waals surface area contributed by atoms with Gasteiger partial charge in [-0.15, -0.1) is 11.3 Å². The zero-order valence-electron chi connectivity index (χ0n) is 18.6. The molecule has 3 rings (SSSR count). The van der Waals surface area contributed by atoms with E-state index in [1.54, 1.807) is 37.3 Å². The Morgan fingerprint density at radius 1 is 1.22 bits per heavy atom. The van der Waals surface area contributed by atoms with Crippen molar-refractivity contribution < 1.29 is 22.7 Å². The standard InChI is InChI=1S/C22H29N3O5S2/c1-4-7-20-23-17(15-31-20)14-30-22(27)16-12-21(26)25(13-16)18-8-10-19(11-9-18)32(28,29)24(5-2)6-3/h8-11,15-16H,4-7,12-14H2,1-3H3. The third-order valence-corrected chi connectivity index (χ3v) is 8.40. The lowest BCUT2D eigenvalue weighted by Crippen LogP contribution is -2.30. The monoisotopic (exact) mass is 479 g/mol. The first-order chi connectivity index (χ1) is 15.3. The van der Waals surface area contributed by atoms with Crippen molar-refractivity contribution in [3.8, 4) is 0 Å². The molecule has 2 heterocycles. The molecule has 1 aliphatic heterocycles. The second-order valence-electron chi connectivity index (χ2n) is 7.58. The van der Waals surface area contributed by atoms with Gasteiger partial charge in [-0.3, -0.25) is 9.59 Å². The van der Waals surface area contributed by atoms with Gasteiger partial charge in [0.25, 0.3) is 0 Å². The van der Waals surface area contributed by atoms with Crippen LogP contribution in [0.4, 0.5) is 5.69 Å². The number of amides is 1. The van der Waals surface area contributed by atoms with Crippen LogP contribution >= 0.6 is 11.3 Å². The van der Waals surface area contributed by atoms with E-state index in [0.29, 0.717) is 18.8 Å². The normalized spacial score (nSPS) is 16.7. The summed E-state index contributed by atoms with van der Waals surface area (Å²) < 4.78 is 32.0. The third kappa shape index (κ3) is 5.36. The number of anilines is 1. The number of hydrogen-bond acceptors (Lipinski definition) is 7. The number of carbonyl (C=O) groups excluding carboxylic acids is 2. The molecule has 0 saturated carbocycles. The Bertz CT molecular complexity index is 1050. The van der Waals surface area contributed by atoms with Gasteiger partial charge in [0.15, 0.2) is 0 Å². The molecule has 1 saturated heterocycles. The first kappa shape index (κ1) is 24.3. The van der Waals surface area contributed by atoms with Gasteiger partial charge in [0, 0.05) is 37.1 Å².